The smallest absolute Gasteiger partial charge is 0.330 e. The normalized spacial score (nSPS) is 23.9. The van der Waals surface area contributed by atoms with Crippen LogP contribution in [0.5, 0.6) is 0 Å². The summed E-state index contributed by atoms with van der Waals surface area (Å²) in [7, 11) is 0. The Morgan fingerprint density at radius 3 is 2.35 bits per heavy atom. The van der Waals surface area contributed by atoms with Gasteiger partial charge in [-0.25, -0.2) is 4.79 Å². The third-order valence-electron chi connectivity index (χ3n) is 4.54. The number of amides is 4. The predicted molar refractivity (Wildman–Crippen MR) is 71.8 cm³/mol. The molecular weight excluding hydrogens is 260 g/mol. The fourth-order valence-corrected chi connectivity index (χ4v) is 2.96. The molecule has 6 heteroatoms. The quantitative estimate of drug-likeness (QED) is 0.789. The molecule has 2 saturated heterocycles. The Labute approximate surface area is 118 Å². The van der Waals surface area contributed by atoms with Crippen molar-refractivity contribution in [1.82, 2.24) is 10.2 Å². The lowest BCUT2D eigenvalue weighted by atomic mass is 9.78. The van der Waals surface area contributed by atoms with Gasteiger partial charge in [0.15, 0.2) is 0 Å². The lowest BCUT2D eigenvalue weighted by molar-refractivity contribution is -0.152. The van der Waals surface area contributed by atoms with Crippen molar-refractivity contribution in [2.75, 3.05) is 19.8 Å². The molecular formula is C14H22N2O4. The van der Waals surface area contributed by atoms with Crippen molar-refractivity contribution in [3.8, 4) is 0 Å². The summed E-state index contributed by atoms with van der Waals surface area (Å²) in [6.45, 7) is 5.33. The summed E-state index contributed by atoms with van der Waals surface area (Å²) in [5.74, 6) is -0.540. The molecule has 2 fully saturated rings. The minimum atomic E-state index is -1.08. The number of nitrogens with one attached hydrogen (secondary N) is 1. The summed E-state index contributed by atoms with van der Waals surface area (Å²) in [5.41, 5.74) is -1.08. The number of carbonyl (C=O) groups excluding carboxylic acids is 3. The highest BCUT2D eigenvalue weighted by molar-refractivity contribution is 6.19. The topological polar surface area (TPSA) is 75.7 Å². The van der Waals surface area contributed by atoms with Crippen LogP contribution in [0.3, 0.4) is 0 Å². The summed E-state index contributed by atoms with van der Waals surface area (Å²) in [6, 6.07) is -0.580. The van der Waals surface area contributed by atoms with E-state index in [4.69, 9.17) is 4.74 Å². The molecule has 112 valence electrons. The van der Waals surface area contributed by atoms with E-state index in [1.807, 2.05) is 13.8 Å². The fourth-order valence-electron chi connectivity index (χ4n) is 2.96. The average molecular weight is 282 g/mol. The van der Waals surface area contributed by atoms with E-state index in [-0.39, 0.29) is 11.8 Å². The van der Waals surface area contributed by atoms with Crippen LogP contribution in [0, 0.1) is 11.3 Å². The van der Waals surface area contributed by atoms with E-state index < -0.39 is 17.4 Å². The standard InChI is InChI=1S/C14H22N2O4/c1-3-14(4-2)11(17)15-13(19)16(12(14)18)9-10-5-7-20-8-6-10/h10H,3-9H2,1-2H3,(H,15,17,19). The molecule has 0 unspecified atom stereocenters. The van der Waals surface area contributed by atoms with Crippen LogP contribution < -0.4 is 5.32 Å². The molecule has 2 aliphatic rings. The van der Waals surface area contributed by atoms with Crippen LogP contribution in [-0.4, -0.2) is 42.5 Å². The van der Waals surface area contributed by atoms with Gasteiger partial charge in [0.1, 0.15) is 5.41 Å². The van der Waals surface area contributed by atoms with Crippen molar-refractivity contribution in [3.63, 3.8) is 0 Å². The molecule has 0 bridgehead atoms. The molecule has 4 amide bonds. The van der Waals surface area contributed by atoms with E-state index in [9.17, 15) is 14.4 Å². The lowest BCUT2D eigenvalue weighted by Crippen LogP contribution is -2.64. The molecule has 1 N–H and O–H groups in total. The van der Waals surface area contributed by atoms with Crippen LogP contribution in [0.2, 0.25) is 0 Å². The number of ether oxygens (including phenoxy) is 1. The minimum absolute atomic E-state index is 0.262. The van der Waals surface area contributed by atoms with Crippen LogP contribution in [-0.2, 0) is 14.3 Å². The molecule has 0 aliphatic carbocycles. The monoisotopic (exact) mass is 282 g/mol. The Kier molecular flexibility index (Phi) is 4.42. The molecule has 6 nitrogen and oxygen atoms in total. The number of rotatable bonds is 4. The Balaban J connectivity index is 2.16. The van der Waals surface area contributed by atoms with Crippen LogP contribution in [0.25, 0.3) is 0 Å². The number of imide groups is 2. The summed E-state index contributed by atoms with van der Waals surface area (Å²) in [5, 5.41) is 2.34. The number of hydrogen-bond donors (Lipinski definition) is 1. The predicted octanol–water partition coefficient (Wildman–Crippen LogP) is 1.30. The van der Waals surface area contributed by atoms with Gasteiger partial charge in [-0.2, -0.15) is 0 Å². The highest BCUT2D eigenvalue weighted by Crippen LogP contribution is 2.33. The Hall–Kier alpha value is -1.43. The summed E-state index contributed by atoms with van der Waals surface area (Å²) in [4.78, 5) is 37.8. The van der Waals surface area contributed by atoms with Crippen molar-refractivity contribution in [2.45, 2.75) is 39.5 Å². The van der Waals surface area contributed by atoms with E-state index >= 15 is 0 Å². The highest BCUT2D eigenvalue weighted by Gasteiger charge is 2.51. The highest BCUT2D eigenvalue weighted by atomic mass is 16.5. The van der Waals surface area contributed by atoms with E-state index in [1.165, 1.54) is 4.90 Å². The molecule has 0 aromatic carbocycles. The zero-order valence-corrected chi connectivity index (χ0v) is 12.1. The molecule has 0 spiro atoms. The number of urea groups is 1. The van der Waals surface area contributed by atoms with Gasteiger partial charge < -0.3 is 4.74 Å². The van der Waals surface area contributed by atoms with Crippen LogP contribution in [0.1, 0.15) is 39.5 Å². The van der Waals surface area contributed by atoms with Crippen molar-refractivity contribution in [3.05, 3.63) is 0 Å². The Morgan fingerprint density at radius 1 is 1.20 bits per heavy atom. The third-order valence-corrected chi connectivity index (χ3v) is 4.54. The van der Waals surface area contributed by atoms with E-state index in [0.717, 1.165) is 12.8 Å². The molecule has 0 aromatic rings. The first-order chi connectivity index (χ1) is 9.55. The first-order valence-electron chi connectivity index (χ1n) is 7.30. The van der Waals surface area contributed by atoms with Gasteiger partial charge in [0.25, 0.3) is 0 Å². The van der Waals surface area contributed by atoms with Gasteiger partial charge in [-0.05, 0) is 31.6 Å². The SMILES string of the molecule is CCC1(CC)C(=O)NC(=O)N(CC2CCOCC2)C1=O. The zero-order chi connectivity index (χ0) is 14.8. The molecule has 0 aromatic heterocycles. The van der Waals surface area contributed by atoms with Gasteiger partial charge in [-0.15, -0.1) is 0 Å². The summed E-state index contributed by atoms with van der Waals surface area (Å²) in [6.07, 6.45) is 2.50. The first kappa shape index (κ1) is 15.0. The Morgan fingerprint density at radius 2 is 1.80 bits per heavy atom. The third kappa shape index (κ3) is 2.44. The van der Waals surface area contributed by atoms with Gasteiger partial charge in [-0.3, -0.25) is 19.8 Å². The molecule has 2 rings (SSSR count). The second kappa shape index (κ2) is 5.91. The van der Waals surface area contributed by atoms with Crippen molar-refractivity contribution in [1.29, 1.82) is 0 Å². The number of carbonyl (C=O) groups is 3. The van der Waals surface area contributed by atoms with Gasteiger partial charge in [0.2, 0.25) is 11.8 Å². The zero-order valence-electron chi connectivity index (χ0n) is 12.1. The molecule has 0 atom stereocenters. The van der Waals surface area contributed by atoms with Gasteiger partial charge >= 0.3 is 6.03 Å². The van der Waals surface area contributed by atoms with Crippen molar-refractivity contribution < 1.29 is 19.1 Å². The largest absolute Gasteiger partial charge is 0.381 e. The molecule has 0 radical (unpaired) electrons. The number of nitrogens with zero attached hydrogens (tertiary/aromatic N) is 1. The van der Waals surface area contributed by atoms with Crippen molar-refractivity contribution in [2.24, 2.45) is 11.3 Å². The molecule has 20 heavy (non-hydrogen) atoms. The lowest BCUT2D eigenvalue weighted by Gasteiger charge is -2.39. The van der Waals surface area contributed by atoms with Crippen molar-refractivity contribution >= 4 is 17.8 Å². The van der Waals surface area contributed by atoms with Gasteiger partial charge in [0, 0.05) is 19.8 Å². The molecule has 2 heterocycles. The molecule has 2 aliphatic heterocycles. The van der Waals surface area contributed by atoms with Crippen LogP contribution in [0.15, 0.2) is 0 Å². The maximum absolute atomic E-state index is 12.6. The molecule has 0 saturated carbocycles. The summed E-state index contributed by atoms with van der Waals surface area (Å²) < 4.78 is 5.28. The summed E-state index contributed by atoms with van der Waals surface area (Å²) >= 11 is 0. The van der Waals surface area contributed by atoms with Gasteiger partial charge in [-0.1, -0.05) is 13.8 Å². The second-order valence-corrected chi connectivity index (χ2v) is 5.52. The van der Waals surface area contributed by atoms with E-state index in [1.54, 1.807) is 0 Å². The Bertz CT molecular complexity index is 411. The van der Waals surface area contributed by atoms with Gasteiger partial charge in [0.05, 0.1) is 0 Å². The minimum Gasteiger partial charge on any atom is -0.381 e. The second-order valence-electron chi connectivity index (χ2n) is 5.52. The van der Waals surface area contributed by atoms with Crippen LogP contribution >= 0.6 is 0 Å². The van der Waals surface area contributed by atoms with Crippen LogP contribution in [0.4, 0.5) is 4.79 Å². The fraction of sp³-hybridized carbons (Fsp3) is 0.786. The van der Waals surface area contributed by atoms with E-state index in [0.29, 0.717) is 32.6 Å². The first-order valence-corrected chi connectivity index (χ1v) is 7.30. The average Bonchev–Trinajstić information content (AvgIpc) is 2.46. The number of barbiturate groups is 1. The van der Waals surface area contributed by atoms with E-state index in [2.05, 4.69) is 5.32 Å². The maximum Gasteiger partial charge on any atom is 0.330 e. The maximum atomic E-state index is 12.6. The number of hydrogen-bond acceptors (Lipinski definition) is 4.